The molecular formula is C15H15N5O3. The summed E-state index contributed by atoms with van der Waals surface area (Å²) in [6.07, 6.45) is 3.50. The van der Waals surface area contributed by atoms with E-state index in [0.717, 1.165) is 5.75 Å². The van der Waals surface area contributed by atoms with E-state index in [-0.39, 0.29) is 17.5 Å². The normalized spacial score (nSPS) is 14.0. The van der Waals surface area contributed by atoms with Crippen LogP contribution in [0.2, 0.25) is 0 Å². The lowest BCUT2D eigenvalue weighted by molar-refractivity contribution is 0.0594. The van der Waals surface area contributed by atoms with Gasteiger partial charge in [-0.1, -0.05) is 0 Å². The van der Waals surface area contributed by atoms with Gasteiger partial charge in [-0.2, -0.15) is 10.4 Å². The van der Waals surface area contributed by atoms with E-state index < -0.39 is 5.97 Å². The van der Waals surface area contributed by atoms with E-state index in [4.69, 9.17) is 4.74 Å². The minimum atomic E-state index is -0.561. The monoisotopic (exact) mass is 313 g/mol. The first-order chi connectivity index (χ1) is 11.1. The molecule has 0 radical (unpaired) electrons. The van der Waals surface area contributed by atoms with Crippen molar-refractivity contribution in [1.82, 2.24) is 14.8 Å². The third-order valence-electron chi connectivity index (χ3n) is 3.55. The summed E-state index contributed by atoms with van der Waals surface area (Å²) in [6, 6.07) is 5.28. The summed E-state index contributed by atoms with van der Waals surface area (Å²) in [5.74, 6) is 0.159. The second-order valence-electron chi connectivity index (χ2n) is 5.16. The molecule has 8 heteroatoms. The Labute approximate surface area is 132 Å². The third-order valence-corrected chi connectivity index (χ3v) is 3.55. The number of aryl methyl sites for hydroxylation is 1. The summed E-state index contributed by atoms with van der Waals surface area (Å²) in [4.78, 5) is 17.5. The molecule has 118 valence electrons. The Bertz CT molecular complexity index is 774. The number of esters is 1. The van der Waals surface area contributed by atoms with E-state index in [1.807, 2.05) is 18.0 Å². The van der Waals surface area contributed by atoms with Gasteiger partial charge in [-0.05, 0) is 12.1 Å². The maximum absolute atomic E-state index is 11.5. The van der Waals surface area contributed by atoms with Crippen molar-refractivity contribution in [3.05, 3.63) is 35.9 Å². The number of hydrogen-bond acceptors (Lipinski definition) is 7. The predicted octanol–water partition coefficient (Wildman–Crippen LogP) is 0.741. The minimum Gasteiger partial charge on any atom is -0.483 e. The average molecular weight is 313 g/mol. The number of nitrogens with zero attached hydrogens (tertiary/aromatic N) is 5. The van der Waals surface area contributed by atoms with Crippen LogP contribution in [0.5, 0.6) is 5.75 Å². The zero-order valence-corrected chi connectivity index (χ0v) is 12.8. The van der Waals surface area contributed by atoms with Gasteiger partial charge in [0.15, 0.2) is 11.4 Å². The standard InChI is InChI=1S/C15H15N5O3/c1-19-7-10(6-17-19)23-11-8-20(9-11)14-4-3-12(15(21)22-2)18-13(14)5-16/h3-4,6-7,11H,8-9H2,1-2H3. The van der Waals surface area contributed by atoms with Crippen molar-refractivity contribution < 1.29 is 14.3 Å². The van der Waals surface area contributed by atoms with Gasteiger partial charge in [-0.15, -0.1) is 0 Å². The molecule has 1 saturated heterocycles. The van der Waals surface area contributed by atoms with E-state index in [2.05, 4.69) is 14.8 Å². The van der Waals surface area contributed by atoms with Crippen LogP contribution < -0.4 is 9.64 Å². The molecule has 0 aromatic carbocycles. The molecule has 0 atom stereocenters. The summed E-state index contributed by atoms with van der Waals surface area (Å²) in [5, 5.41) is 13.3. The lowest BCUT2D eigenvalue weighted by atomic mass is 10.1. The van der Waals surface area contributed by atoms with E-state index in [9.17, 15) is 10.1 Å². The highest BCUT2D eigenvalue weighted by atomic mass is 16.5. The van der Waals surface area contributed by atoms with E-state index in [1.54, 1.807) is 29.2 Å². The maximum Gasteiger partial charge on any atom is 0.356 e. The number of aromatic nitrogens is 3. The summed E-state index contributed by atoms with van der Waals surface area (Å²) in [5.41, 5.74) is 1.01. The van der Waals surface area contributed by atoms with Gasteiger partial charge < -0.3 is 14.4 Å². The van der Waals surface area contributed by atoms with Crippen LogP contribution in [0, 0.1) is 11.3 Å². The highest BCUT2D eigenvalue weighted by molar-refractivity contribution is 5.87. The quantitative estimate of drug-likeness (QED) is 0.768. The Kier molecular flexibility index (Phi) is 3.85. The number of carbonyl (C=O) groups excluding carboxylic acids is 1. The minimum absolute atomic E-state index is 0.0334. The Hall–Kier alpha value is -3.08. The topological polar surface area (TPSA) is 93.3 Å². The van der Waals surface area contributed by atoms with Crippen molar-refractivity contribution in [3.63, 3.8) is 0 Å². The number of methoxy groups -OCH3 is 1. The summed E-state index contributed by atoms with van der Waals surface area (Å²) in [6.45, 7) is 1.28. The average Bonchev–Trinajstić information content (AvgIpc) is 2.94. The molecule has 0 amide bonds. The van der Waals surface area contributed by atoms with Gasteiger partial charge in [-0.25, -0.2) is 9.78 Å². The molecule has 0 aliphatic carbocycles. The molecule has 2 aromatic heterocycles. The first-order valence-electron chi connectivity index (χ1n) is 7.00. The van der Waals surface area contributed by atoms with Crippen LogP contribution >= 0.6 is 0 Å². The van der Waals surface area contributed by atoms with Crippen molar-refractivity contribution in [1.29, 1.82) is 5.26 Å². The fourth-order valence-electron chi connectivity index (χ4n) is 2.37. The molecule has 8 nitrogen and oxygen atoms in total. The molecule has 1 aliphatic rings. The van der Waals surface area contributed by atoms with E-state index in [0.29, 0.717) is 18.8 Å². The van der Waals surface area contributed by atoms with Crippen molar-refractivity contribution in [2.24, 2.45) is 7.05 Å². The van der Waals surface area contributed by atoms with Gasteiger partial charge in [0.25, 0.3) is 0 Å². The molecule has 1 aliphatic heterocycles. The second-order valence-corrected chi connectivity index (χ2v) is 5.16. The molecular weight excluding hydrogens is 298 g/mol. The van der Waals surface area contributed by atoms with Gasteiger partial charge in [-0.3, -0.25) is 4.68 Å². The van der Waals surface area contributed by atoms with Crippen LogP contribution in [0.3, 0.4) is 0 Å². The van der Waals surface area contributed by atoms with Crippen molar-refractivity contribution in [2.45, 2.75) is 6.10 Å². The number of anilines is 1. The molecule has 3 heterocycles. The molecule has 1 fully saturated rings. The zero-order chi connectivity index (χ0) is 16.4. The summed E-state index contributed by atoms with van der Waals surface area (Å²) in [7, 11) is 3.10. The summed E-state index contributed by atoms with van der Waals surface area (Å²) >= 11 is 0. The van der Waals surface area contributed by atoms with Gasteiger partial charge >= 0.3 is 5.97 Å². The first kappa shape index (κ1) is 14.8. The number of hydrogen-bond donors (Lipinski definition) is 0. The lowest BCUT2D eigenvalue weighted by Crippen LogP contribution is -2.54. The Morgan fingerprint density at radius 3 is 2.83 bits per heavy atom. The highest BCUT2D eigenvalue weighted by Gasteiger charge is 2.31. The van der Waals surface area contributed by atoms with Crippen LogP contribution in [0.1, 0.15) is 16.2 Å². The molecule has 0 unspecified atom stereocenters. The first-order valence-corrected chi connectivity index (χ1v) is 7.00. The number of carbonyl (C=O) groups is 1. The molecule has 0 spiro atoms. The molecule has 23 heavy (non-hydrogen) atoms. The predicted molar refractivity (Wildman–Crippen MR) is 80.1 cm³/mol. The zero-order valence-electron chi connectivity index (χ0n) is 12.8. The van der Waals surface area contributed by atoms with Crippen LogP contribution in [-0.4, -0.2) is 47.0 Å². The fraction of sp³-hybridized carbons (Fsp3) is 0.333. The SMILES string of the molecule is COC(=O)c1ccc(N2CC(Oc3cnn(C)c3)C2)c(C#N)n1. The fourth-order valence-corrected chi connectivity index (χ4v) is 2.37. The molecule has 2 aromatic rings. The molecule has 0 saturated carbocycles. The lowest BCUT2D eigenvalue weighted by Gasteiger charge is -2.40. The Morgan fingerprint density at radius 2 is 2.22 bits per heavy atom. The van der Waals surface area contributed by atoms with Gasteiger partial charge in [0.2, 0.25) is 0 Å². The van der Waals surface area contributed by atoms with Crippen molar-refractivity contribution in [2.75, 3.05) is 25.1 Å². The van der Waals surface area contributed by atoms with Crippen LogP contribution in [0.4, 0.5) is 5.69 Å². The molecule has 0 bridgehead atoms. The molecule has 0 N–H and O–H groups in total. The van der Waals surface area contributed by atoms with Crippen molar-refractivity contribution in [3.8, 4) is 11.8 Å². The van der Waals surface area contributed by atoms with Gasteiger partial charge in [0, 0.05) is 7.05 Å². The Balaban J connectivity index is 1.67. The molecule has 3 rings (SSSR count). The van der Waals surface area contributed by atoms with E-state index in [1.165, 1.54) is 7.11 Å². The van der Waals surface area contributed by atoms with E-state index >= 15 is 0 Å². The van der Waals surface area contributed by atoms with Gasteiger partial charge in [0.05, 0.1) is 38.3 Å². The van der Waals surface area contributed by atoms with Crippen LogP contribution in [0.15, 0.2) is 24.5 Å². The van der Waals surface area contributed by atoms with Crippen LogP contribution in [0.25, 0.3) is 0 Å². The van der Waals surface area contributed by atoms with Gasteiger partial charge in [0.1, 0.15) is 17.9 Å². The smallest absolute Gasteiger partial charge is 0.356 e. The largest absolute Gasteiger partial charge is 0.483 e. The second kappa shape index (κ2) is 5.96. The number of ether oxygens (including phenoxy) is 2. The van der Waals surface area contributed by atoms with Crippen molar-refractivity contribution >= 4 is 11.7 Å². The Morgan fingerprint density at radius 1 is 1.43 bits per heavy atom. The number of pyridine rings is 1. The number of rotatable bonds is 4. The summed E-state index contributed by atoms with van der Waals surface area (Å²) < 4.78 is 12.1. The third kappa shape index (κ3) is 2.94. The van der Waals surface area contributed by atoms with Crippen LogP contribution in [-0.2, 0) is 11.8 Å². The number of nitriles is 1. The maximum atomic E-state index is 11.5. The highest BCUT2D eigenvalue weighted by Crippen LogP contribution is 2.26.